The number of halogens is 1. The number of hydrogen-bond acceptors (Lipinski definition) is 2. The Morgan fingerprint density at radius 3 is 2.31 bits per heavy atom. The largest absolute Gasteiger partial charge is 0.508 e. The molecule has 140 valence electrons. The number of alkyl halides is 1. The normalized spacial score (nSPS) is 17.8. The van der Waals surface area contributed by atoms with Crippen LogP contribution in [0.4, 0.5) is 0 Å². The molecule has 0 bridgehead atoms. The molecule has 1 N–H and O–H groups in total. The molecule has 2 nitrogen and oxygen atoms in total. The monoisotopic (exact) mass is 371 g/mol. The first-order valence-electron chi connectivity index (χ1n) is 9.77. The van der Waals surface area contributed by atoms with Crippen molar-refractivity contribution < 1.29 is 5.11 Å². The van der Waals surface area contributed by atoms with Crippen molar-refractivity contribution in [3.05, 3.63) is 64.7 Å². The maximum atomic E-state index is 9.98. The maximum Gasteiger partial charge on any atom is 0.115 e. The fourth-order valence-corrected chi connectivity index (χ4v) is 4.79. The summed E-state index contributed by atoms with van der Waals surface area (Å²) in [7, 11) is 0. The summed E-state index contributed by atoms with van der Waals surface area (Å²) in [5, 5.41) is 9.98. The molecule has 1 aliphatic heterocycles. The maximum absolute atomic E-state index is 9.98. The predicted molar refractivity (Wildman–Crippen MR) is 110 cm³/mol. The van der Waals surface area contributed by atoms with Gasteiger partial charge in [0.2, 0.25) is 0 Å². The molecule has 0 saturated carbocycles. The van der Waals surface area contributed by atoms with Crippen LogP contribution in [0, 0.1) is 13.8 Å². The number of rotatable bonds is 6. The molecule has 26 heavy (non-hydrogen) atoms. The van der Waals surface area contributed by atoms with Gasteiger partial charge in [0.25, 0.3) is 0 Å². The number of phenolic OH excluding ortho intramolecular Hbond substituents is 1. The summed E-state index contributed by atoms with van der Waals surface area (Å²) in [5.74, 6) is 0.999. The average molecular weight is 372 g/mol. The molecule has 0 radical (unpaired) electrons. The van der Waals surface area contributed by atoms with Crippen molar-refractivity contribution in [1.82, 2.24) is 4.90 Å². The number of aromatic hydroxyl groups is 1. The average Bonchev–Trinajstić information content (AvgIpc) is 2.65. The van der Waals surface area contributed by atoms with E-state index in [4.69, 9.17) is 11.6 Å². The zero-order chi connectivity index (χ0) is 18.6. The van der Waals surface area contributed by atoms with Gasteiger partial charge in [-0.3, -0.25) is 4.90 Å². The van der Waals surface area contributed by atoms with Gasteiger partial charge < -0.3 is 5.11 Å². The Hall–Kier alpha value is -1.51. The van der Waals surface area contributed by atoms with Crippen LogP contribution in [0.3, 0.4) is 0 Å². The van der Waals surface area contributed by atoms with Crippen molar-refractivity contribution in [1.29, 1.82) is 0 Å². The predicted octanol–water partition coefficient (Wildman–Crippen LogP) is 5.76. The minimum atomic E-state index is -0.182. The van der Waals surface area contributed by atoms with Crippen LogP contribution in [0.2, 0.25) is 0 Å². The van der Waals surface area contributed by atoms with Gasteiger partial charge in [-0.2, -0.15) is 0 Å². The molecule has 2 aromatic rings. The number of nitrogens with zero attached hydrogens (tertiary/aromatic N) is 1. The van der Waals surface area contributed by atoms with Crippen molar-refractivity contribution in [3.63, 3.8) is 0 Å². The second-order valence-electron chi connectivity index (χ2n) is 7.51. The summed E-state index contributed by atoms with van der Waals surface area (Å²) >= 11 is 6.17. The van der Waals surface area contributed by atoms with E-state index in [9.17, 15) is 5.11 Å². The van der Waals surface area contributed by atoms with E-state index in [1.54, 1.807) is 0 Å². The van der Waals surface area contributed by atoms with Crippen molar-refractivity contribution in [2.45, 2.75) is 51.5 Å². The summed E-state index contributed by atoms with van der Waals surface area (Å²) in [6, 6.07) is 14.6. The lowest BCUT2D eigenvalue weighted by molar-refractivity contribution is 0.0869. The lowest BCUT2D eigenvalue weighted by atomic mass is 9.73. The quantitative estimate of drug-likeness (QED) is 0.652. The highest BCUT2D eigenvalue weighted by atomic mass is 35.5. The van der Waals surface area contributed by atoms with E-state index in [1.807, 2.05) is 12.1 Å². The molecule has 1 unspecified atom stereocenters. The van der Waals surface area contributed by atoms with E-state index in [0.29, 0.717) is 11.6 Å². The van der Waals surface area contributed by atoms with Crippen LogP contribution >= 0.6 is 11.6 Å². The van der Waals surface area contributed by atoms with Crippen LogP contribution in [0.25, 0.3) is 0 Å². The van der Waals surface area contributed by atoms with E-state index in [-0.39, 0.29) is 5.54 Å². The Morgan fingerprint density at radius 2 is 1.65 bits per heavy atom. The van der Waals surface area contributed by atoms with Gasteiger partial charge in [0, 0.05) is 5.88 Å². The standard InChI is InChI=1S/C23H30ClNO/c1-18-9-4-5-10-21(18)23(13-8-14-24,25-15-6-3-7-16-25)22-12-11-20(26)17-19(22)2/h4-5,9-12,17,26H,3,6-8,13-16H2,1-2H3. The fourth-order valence-electron chi connectivity index (χ4n) is 4.66. The van der Waals surface area contributed by atoms with E-state index in [1.165, 1.54) is 36.0 Å². The number of piperidine rings is 1. The van der Waals surface area contributed by atoms with Crippen LogP contribution in [-0.4, -0.2) is 29.0 Å². The van der Waals surface area contributed by atoms with Gasteiger partial charge in [-0.1, -0.05) is 36.8 Å². The lowest BCUT2D eigenvalue weighted by Gasteiger charge is -2.48. The first-order valence-corrected chi connectivity index (χ1v) is 10.3. The molecular formula is C23H30ClNO. The minimum absolute atomic E-state index is 0.182. The Kier molecular flexibility index (Phi) is 6.26. The molecule has 3 heteroatoms. The Balaban J connectivity index is 2.25. The number of hydrogen-bond donors (Lipinski definition) is 1. The third-order valence-electron chi connectivity index (χ3n) is 5.81. The van der Waals surface area contributed by atoms with E-state index in [0.717, 1.165) is 31.5 Å². The highest BCUT2D eigenvalue weighted by Crippen LogP contribution is 2.44. The van der Waals surface area contributed by atoms with Crippen LogP contribution in [0.1, 0.15) is 54.4 Å². The topological polar surface area (TPSA) is 23.5 Å². The molecule has 3 rings (SSSR count). The van der Waals surface area contributed by atoms with Gasteiger partial charge in [-0.25, -0.2) is 0 Å². The third-order valence-corrected chi connectivity index (χ3v) is 6.08. The van der Waals surface area contributed by atoms with Crippen LogP contribution < -0.4 is 0 Å². The van der Waals surface area contributed by atoms with Crippen molar-refractivity contribution >= 4 is 11.6 Å². The van der Waals surface area contributed by atoms with E-state index in [2.05, 4.69) is 49.1 Å². The summed E-state index contributed by atoms with van der Waals surface area (Å²) in [5.41, 5.74) is 4.96. The first-order chi connectivity index (χ1) is 12.6. The molecule has 1 fully saturated rings. The lowest BCUT2D eigenvalue weighted by Crippen LogP contribution is -2.50. The zero-order valence-electron chi connectivity index (χ0n) is 16.0. The third kappa shape index (κ3) is 3.63. The summed E-state index contributed by atoms with van der Waals surface area (Å²) in [6.07, 6.45) is 5.75. The Morgan fingerprint density at radius 1 is 0.962 bits per heavy atom. The van der Waals surface area contributed by atoms with Gasteiger partial charge >= 0.3 is 0 Å². The molecule has 1 heterocycles. The molecule has 0 aromatic heterocycles. The molecular weight excluding hydrogens is 342 g/mol. The molecule has 0 spiro atoms. The van der Waals surface area contributed by atoms with Crippen molar-refractivity contribution in [3.8, 4) is 5.75 Å². The molecule has 1 atom stereocenters. The van der Waals surface area contributed by atoms with Gasteiger partial charge in [0.05, 0.1) is 5.54 Å². The summed E-state index contributed by atoms with van der Waals surface area (Å²) < 4.78 is 0. The van der Waals surface area contributed by atoms with Crippen molar-refractivity contribution in [2.75, 3.05) is 19.0 Å². The van der Waals surface area contributed by atoms with Gasteiger partial charge in [0.15, 0.2) is 0 Å². The SMILES string of the molecule is Cc1ccccc1C(CCCCl)(c1ccc(O)cc1C)N1CCCCC1. The van der Waals surface area contributed by atoms with E-state index >= 15 is 0 Å². The second-order valence-corrected chi connectivity index (χ2v) is 7.89. The minimum Gasteiger partial charge on any atom is -0.508 e. The highest BCUT2D eigenvalue weighted by Gasteiger charge is 2.41. The second kappa shape index (κ2) is 8.45. The molecule has 2 aromatic carbocycles. The first kappa shape index (κ1) is 19.3. The number of phenols is 1. The number of likely N-dealkylation sites (tertiary alicyclic amines) is 1. The Bertz CT molecular complexity index is 739. The van der Waals surface area contributed by atoms with Crippen molar-refractivity contribution in [2.24, 2.45) is 0 Å². The van der Waals surface area contributed by atoms with E-state index < -0.39 is 0 Å². The van der Waals surface area contributed by atoms with Crippen LogP contribution in [0.15, 0.2) is 42.5 Å². The zero-order valence-corrected chi connectivity index (χ0v) is 16.7. The number of aryl methyl sites for hydroxylation is 2. The van der Waals surface area contributed by atoms with Gasteiger partial charge in [0.1, 0.15) is 5.75 Å². The summed E-state index contributed by atoms with van der Waals surface area (Å²) in [4.78, 5) is 2.67. The Labute approximate surface area is 162 Å². The molecule has 1 saturated heterocycles. The molecule has 0 aliphatic carbocycles. The van der Waals surface area contributed by atoms with Gasteiger partial charge in [-0.15, -0.1) is 11.6 Å². The van der Waals surface area contributed by atoms with Crippen LogP contribution in [-0.2, 0) is 5.54 Å². The highest BCUT2D eigenvalue weighted by molar-refractivity contribution is 6.17. The smallest absolute Gasteiger partial charge is 0.115 e. The number of benzene rings is 2. The fraction of sp³-hybridized carbons (Fsp3) is 0.478. The van der Waals surface area contributed by atoms with Gasteiger partial charge in [-0.05, 0) is 87.0 Å². The summed E-state index contributed by atoms with van der Waals surface area (Å²) in [6.45, 7) is 6.55. The molecule has 0 amide bonds. The molecule has 1 aliphatic rings. The van der Waals surface area contributed by atoms with Crippen LogP contribution in [0.5, 0.6) is 5.75 Å².